The van der Waals surface area contributed by atoms with Crippen LogP contribution in [0.1, 0.15) is 38.8 Å². The second kappa shape index (κ2) is 9.64. The van der Waals surface area contributed by atoms with E-state index < -0.39 is 29.7 Å². The number of nitrogens with one attached hydrogen (secondary N) is 1. The molecule has 2 aromatic carbocycles. The first-order valence-electron chi connectivity index (χ1n) is 10.4. The molecule has 32 heavy (non-hydrogen) atoms. The number of anilines is 1. The molecular formula is C24H27N3O5. The quantitative estimate of drug-likeness (QED) is 0.724. The molecule has 0 saturated carbocycles. The Balaban J connectivity index is 2.09. The molecule has 1 aliphatic heterocycles. The lowest BCUT2D eigenvalue weighted by Crippen LogP contribution is -2.50. The fourth-order valence-electron chi connectivity index (χ4n) is 3.27. The molecule has 168 valence electrons. The van der Waals surface area contributed by atoms with E-state index in [1.54, 1.807) is 39.8 Å². The Morgan fingerprint density at radius 2 is 1.72 bits per heavy atom. The lowest BCUT2D eigenvalue weighted by molar-refractivity contribution is -0.142. The lowest BCUT2D eigenvalue weighted by atomic mass is 10.0. The van der Waals surface area contributed by atoms with Crippen LogP contribution in [-0.2, 0) is 19.1 Å². The zero-order valence-corrected chi connectivity index (χ0v) is 18.6. The average molecular weight is 437 g/mol. The van der Waals surface area contributed by atoms with E-state index >= 15 is 0 Å². The number of benzodiazepines with no additional fused rings is 1. The van der Waals surface area contributed by atoms with Crippen molar-refractivity contribution in [3.8, 4) is 0 Å². The maximum atomic E-state index is 13.5. The Labute approximate surface area is 187 Å². The van der Waals surface area contributed by atoms with Gasteiger partial charge >= 0.3 is 12.1 Å². The van der Waals surface area contributed by atoms with Gasteiger partial charge in [-0.15, -0.1) is 0 Å². The number of hydrogen-bond donors (Lipinski definition) is 1. The molecule has 0 spiro atoms. The number of para-hydroxylation sites is 1. The predicted octanol–water partition coefficient (Wildman–Crippen LogP) is 3.28. The van der Waals surface area contributed by atoms with Crippen molar-refractivity contribution in [2.45, 2.75) is 39.5 Å². The van der Waals surface area contributed by atoms with Crippen molar-refractivity contribution in [3.63, 3.8) is 0 Å². The van der Waals surface area contributed by atoms with Crippen LogP contribution in [0.25, 0.3) is 0 Å². The summed E-state index contributed by atoms with van der Waals surface area (Å²) in [4.78, 5) is 44.1. The van der Waals surface area contributed by atoms with Gasteiger partial charge in [0.2, 0.25) is 6.17 Å². The van der Waals surface area contributed by atoms with Crippen molar-refractivity contribution >= 4 is 29.4 Å². The van der Waals surface area contributed by atoms with E-state index in [1.165, 1.54) is 4.90 Å². The summed E-state index contributed by atoms with van der Waals surface area (Å²) in [7, 11) is 0. The third-order valence-electron chi connectivity index (χ3n) is 4.50. The zero-order chi connectivity index (χ0) is 23.3. The maximum Gasteiger partial charge on any atom is 0.409 e. The predicted molar refractivity (Wildman–Crippen MR) is 121 cm³/mol. The van der Waals surface area contributed by atoms with E-state index in [1.807, 2.05) is 42.5 Å². The minimum Gasteiger partial charge on any atom is -0.465 e. The number of esters is 1. The van der Waals surface area contributed by atoms with Crippen LogP contribution in [0.5, 0.6) is 0 Å². The summed E-state index contributed by atoms with van der Waals surface area (Å²) in [5, 5.41) is 2.54. The third-order valence-corrected chi connectivity index (χ3v) is 4.50. The number of hydrogen-bond acceptors (Lipinski definition) is 6. The number of alkyl carbamates (subject to hydrolysis) is 1. The molecule has 8 heteroatoms. The average Bonchev–Trinajstić information content (AvgIpc) is 2.84. The Kier molecular flexibility index (Phi) is 6.92. The van der Waals surface area contributed by atoms with E-state index in [4.69, 9.17) is 9.47 Å². The smallest absolute Gasteiger partial charge is 0.409 e. The fraction of sp³-hybridized carbons (Fsp3) is 0.333. The van der Waals surface area contributed by atoms with E-state index in [2.05, 4.69) is 10.3 Å². The van der Waals surface area contributed by atoms with Gasteiger partial charge in [-0.25, -0.2) is 9.79 Å². The Bertz CT molecular complexity index is 1030. The molecule has 3 rings (SSSR count). The van der Waals surface area contributed by atoms with E-state index in [0.29, 0.717) is 17.0 Å². The first-order chi connectivity index (χ1) is 15.2. The van der Waals surface area contributed by atoms with Crippen LogP contribution in [0.3, 0.4) is 0 Å². The van der Waals surface area contributed by atoms with Gasteiger partial charge in [-0.2, -0.15) is 0 Å². The number of amides is 2. The van der Waals surface area contributed by atoms with Gasteiger partial charge in [0.15, 0.2) is 0 Å². The summed E-state index contributed by atoms with van der Waals surface area (Å²) >= 11 is 0. The molecule has 1 atom stereocenters. The number of aliphatic imine (C=N–C) groups is 1. The highest BCUT2D eigenvalue weighted by Gasteiger charge is 2.35. The number of benzene rings is 2. The third kappa shape index (κ3) is 5.51. The normalized spacial score (nSPS) is 15.9. The second-order valence-electron chi connectivity index (χ2n) is 8.14. The molecule has 0 radical (unpaired) electrons. The number of ether oxygens (including phenoxy) is 2. The molecule has 0 bridgehead atoms. The monoisotopic (exact) mass is 437 g/mol. The lowest BCUT2D eigenvalue weighted by Gasteiger charge is -2.25. The summed E-state index contributed by atoms with van der Waals surface area (Å²) in [6.45, 7) is 6.75. The first-order valence-corrected chi connectivity index (χ1v) is 10.4. The molecule has 0 saturated heterocycles. The van der Waals surface area contributed by atoms with Gasteiger partial charge in [-0.05, 0) is 33.8 Å². The number of carbonyl (C=O) groups excluding carboxylic acids is 3. The highest BCUT2D eigenvalue weighted by molar-refractivity contribution is 6.20. The van der Waals surface area contributed by atoms with Gasteiger partial charge < -0.3 is 9.47 Å². The van der Waals surface area contributed by atoms with Crippen molar-refractivity contribution < 1.29 is 23.9 Å². The number of fused-ring (bicyclic) bond motifs is 1. The van der Waals surface area contributed by atoms with Crippen LogP contribution in [0.2, 0.25) is 0 Å². The molecular weight excluding hydrogens is 410 g/mol. The van der Waals surface area contributed by atoms with Crippen molar-refractivity contribution in [3.05, 3.63) is 65.7 Å². The summed E-state index contributed by atoms with van der Waals surface area (Å²) in [5.41, 5.74) is 1.69. The van der Waals surface area contributed by atoms with Crippen LogP contribution >= 0.6 is 0 Å². The topological polar surface area (TPSA) is 97.3 Å². The van der Waals surface area contributed by atoms with E-state index in [0.717, 1.165) is 5.56 Å². The first kappa shape index (κ1) is 23.0. The molecule has 0 aromatic heterocycles. The zero-order valence-electron chi connectivity index (χ0n) is 18.6. The van der Waals surface area contributed by atoms with Gasteiger partial charge in [-0.3, -0.25) is 19.8 Å². The molecule has 0 unspecified atom stereocenters. The Morgan fingerprint density at radius 3 is 2.38 bits per heavy atom. The minimum absolute atomic E-state index is 0.188. The molecule has 8 nitrogen and oxygen atoms in total. The SMILES string of the molecule is CCOC(=O)CN1C(=O)[C@@H](NC(=O)OC(C)(C)C)N=C(c2ccccc2)c2ccccc21. The van der Waals surface area contributed by atoms with Crippen LogP contribution in [0.15, 0.2) is 59.6 Å². The highest BCUT2D eigenvalue weighted by Crippen LogP contribution is 2.28. The summed E-state index contributed by atoms with van der Waals surface area (Å²) in [6.07, 6.45) is -2.07. The molecule has 0 aliphatic carbocycles. The Hall–Kier alpha value is -3.68. The van der Waals surface area contributed by atoms with Gasteiger partial charge in [-0.1, -0.05) is 48.5 Å². The molecule has 2 amide bonds. The van der Waals surface area contributed by atoms with Crippen LogP contribution < -0.4 is 10.2 Å². The van der Waals surface area contributed by atoms with E-state index in [9.17, 15) is 14.4 Å². The van der Waals surface area contributed by atoms with Gasteiger partial charge in [0.05, 0.1) is 18.0 Å². The highest BCUT2D eigenvalue weighted by atomic mass is 16.6. The summed E-state index contributed by atoms with van der Waals surface area (Å²) in [6, 6.07) is 16.5. The Morgan fingerprint density at radius 1 is 1.06 bits per heavy atom. The number of rotatable bonds is 5. The largest absolute Gasteiger partial charge is 0.465 e. The molecule has 1 N–H and O–H groups in total. The summed E-state index contributed by atoms with van der Waals surface area (Å²) < 4.78 is 10.4. The van der Waals surface area contributed by atoms with Crippen LogP contribution in [0.4, 0.5) is 10.5 Å². The van der Waals surface area contributed by atoms with Crippen molar-refractivity contribution in [1.82, 2.24) is 5.32 Å². The molecule has 1 heterocycles. The maximum absolute atomic E-state index is 13.5. The fourth-order valence-corrected chi connectivity index (χ4v) is 3.27. The van der Waals surface area contributed by atoms with Crippen molar-refractivity contribution in [1.29, 1.82) is 0 Å². The van der Waals surface area contributed by atoms with Gasteiger partial charge in [0.1, 0.15) is 12.1 Å². The number of nitrogens with zero attached hydrogens (tertiary/aromatic N) is 2. The molecule has 2 aromatic rings. The van der Waals surface area contributed by atoms with Gasteiger partial charge in [0, 0.05) is 11.1 Å². The van der Waals surface area contributed by atoms with Crippen molar-refractivity contribution in [2.24, 2.45) is 4.99 Å². The van der Waals surface area contributed by atoms with Crippen LogP contribution in [0, 0.1) is 0 Å². The second-order valence-corrected chi connectivity index (χ2v) is 8.14. The minimum atomic E-state index is -1.29. The number of carbonyl (C=O) groups is 3. The summed E-state index contributed by atoms with van der Waals surface area (Å²) in [5.74, 6) is -1.13. The molecule has 0 fully saturated rings. The van der Waals surface area contributed by atoms with E-state index in [-0.39, 0.29) is 13.2 Å². The van der Waals surface area contributed by atoms with Crippen molar-refractivity contribution in [2.75, 3.05) is 18.1 Å². The van der Waals surface area contributed by atoms with Gasteiger partial charge in [0.25, 0.3) is 5.91 Å². The molecule has 1 aliphatic rings. The standard InChI is InChI=1S/C24H27N3O5/c1-5-31-19(28)15-27-18-14-10-9-13-17(18)20(16-11-7-6-8-12-16)25-21(22(27)29)26-23(30)32-24(2,3)4/h6-14,21H,5,15H2,1-4H3,(H,26,30)/t21-/m1/s1. The van der Waals surface area contributed by atoms with Crippen LogP contribution in [-0.4, -0.2) is 48.6 Å².